The lowest BCUT2D eigenvalue weighted by Gasteiger charge is -2.17. The van der Waals surface area contributed by atoms with Gasteiger partial charge in [0.05, 0.1) is 6.34 Å². The van der Waals surface area contributed by atoms with Crippen LogP contribution < -0.4 is 0 Å². The molecule has 13 heavy (non-hydrogen) atoms. The minimum atomic E-state index is 0.0433. The molecule has 1 saturated carbocycles. The fourth-order valence-corrected chi connectivity index (χ4v) is 1.45. The highest BCUT2D eigenvalue weighted by atomic mass is 16.1. The first-order valence-corrected chi connectivity index (χ1v) is 4.76. The SMILES string of the molecule is CN(C)C=NC(=O)C1CC[CH]CC1. The van der Waals surface area contributed by atoms with Gasteiger partial charge in [-0.05, 0) is 32.1 Å². The monoisotopic (exact) mass is 181 g/mol. The van der Waals surface area contributed by atoms with Crippen LogP contribution in [-0.2, 0) is 4.79 Å². The van der Waals surface area contributed by atoms with Crippen LogP contribution in [0.3, 0.4) is 0 Å². The van der Waals surface area contributed by atoms with Gasteiger partial charge in [-0.1, -0.05) is 0 Å². The van der Waals surface area contributed by atoms with Gasteiger partial charge in [0.25, 0.3) is 0 Å². The maximum atomic E-state index is 11.5. The van der Waals surface area contributed by atoms with Crippen molar-refractivity contribution in [1.29, 1.82) is 0 Å². The lowest BCUT2D eigenvalue weighted by atomic mass is 9.89. The topological polar surface area (TPSA) is 32.7 Å². The van der Waals surface area contributed by atoms with Crippen LogP contribution in [0.15, 0.2) is 4.99 Å². The van der Waals surface area contributed by atoms with Crippen LogP contribution in [0.5, 0.6) is 0 Å². The Balaban J connectivity index is 2.37. The Hall–Kier alpha value is -0.860. The molecule has 1 aliphatic rings. The molecule has 0 aromatic rings. The second-order valence-electron chi connectivity index (χ2n) is 3.69. The number of carbonyl (C=O) groups is 1. The Morgan fingerprint density at radius 1 is 1.46 bits per heavy atom. The van der Waals surface area contributed by atoms with Gasteiger partial charge in [0.1, 0.15) is 0 Å². The van der Waals surface area contributed by atoms with Crippen molar-refractivity contribution in [1.82, 2.24) is 4.90 Å². The molecule has 0 saturated heterocycles. The molecule has 0 aromatic heterocycles. The van der Waals surface area contributed by atoms with E-state index in [2.05, 4.69) is 11.4 Å². The predicted octanol–water partition coefficient (Wildman–Crippen LogP) is 1.50. The van der Waals surface area contributed by atoms with E-state index in [1.807, 2.05) is 14.1 Å². The van der Waals surface area contributed by atoms with Gasteiger partial charge in [0.15, 0.2) is 0 Å². The number of rotatable bonds is 2. The van der Waals surface area contributed by atoms with Crippen molar-refractivity contribution < 1.29 is 4.79 Å². The van der Waals surface area contributed by atoms with Gasteiger partial charge >= 0.3 is 0 Å². The summed E-state index contributed by atoms with van der Waals surface area (Å²) in [6.45, 7) is 0. The summed E-state index contributed by atoms with van der Waals surface area (Å²) in [7, 11) is 3.73. The van der Waals surface area contributed by atoms with E-state index in [1.165, 1.54) is 0 Å². The van der Waals surface area contributed by atoms with E-state index in [0.29, 0.717) is 0 Å². The second-order valence-corrected chi connectivity index (χ2v) is 3.69. The molecule has 0 aromatic carbocycles. The van der Waals surface area contributed by atoms with Gasteiger partial charge in [-0.25, -0.2) is 4.99 Å². The molecular formula is C10H17N2O. The molecule has 0 atom stereocenters. The Kier molecular flexibility index (Phi) is 3.93. The summed E-state index contributed by atoms with van der Waals surface area (Å²) in [5.41, 5.74) is 0. The zero-order valence-electron chi connectivity index (χ0n) is 8.36. The summed E-state index contributed by atoms with van der Waals surface area (Å²) in [5, 5.41) is 0. The third-order valence-corrected chi connectivity index (χ3v) is 2.20. The molecule has 3 heteroatoms. The van der Waals surface area contributed by atoms with E-state index in [1.54, 1.807) is 11.2 Å². The van der Waals surface area contributed by atoms with E-state index in [4.69, 9.17) is 0 Å². The zero-order chi connectivity index (χ0) is 9.68. The second kappa shape index (κ2) is 5.00. The molecule has 0 N–H and O–H groups in total. The van der Waals surface area contributed by atoms with Crippen molar-refractivity contribution in [3.63, 3.8) is 0 Å². The highest BCUT2D eigenvalue weighted by molar-refractivity contribution is 5.86. The summed E-state index contributed by atoms with van der Waals surface area (Å²) in [6, 6.07) is 0. The van der Waals surface area contributed by atoms with Crippen LogP contribution in [0.2, 0.25) is 0 Å². The lowest BCUT2D eigenvalue weighted by Crippen LogP contribution is -2.18. The minimum Gasteiger partial charge on any atom is -0.369 e. The van der Waals surface area contributed by atoms with Gasteiger partial charge in [-0.3, -0.25) is 4.79 Å². The normalized spacial score (nSPS) is 19.2. The fourth-order valence-electron chi connectivity index (χ4n) is 1.45. The molecule has 1 fully saturated rings. The van der Waals surface area contributed by atoms with Crippen LogP contribution in [0.25, 0.3) is 0 Å². The molecule has 3 nitrogen and oxygen atoms in total. The standard InChI is InChI=1S/C10H17N2O/c1-12(2)8-11-10(13)9-6-4-3-5-7-9/h3,8-9H,4-7H2,1-2H3. The maximum Gasteiger partial charge on any atom is 0.250 e. The van der Waals surface area contributed by atoms with Crippen LogP contribution in [0.4, 0.5) is 0 Å². The maximum absolute atomic E-state index is 11.5. The molecule has 0 heterocycles. The third-order valence-electron chi connectivity index (χ3n) is 2.20. The van der Waals surface area contributed by atoms with Crippen molar-refractivity contribution in [3.8, 4) is 0 Å². The summed E-state index contributed by atoms with van der Waals surface area (Å²) < 4.78 is 0. The number of hydrogen-bond acceptors (Lipinski definition) is 1. The van der Waals surface area contributed by atoms with Crippen LogP contribution >= 0.6 is 0 Å². The zero-order valence-corrected chi connectivity index (χ0v) is 8.36. The van der Waals surface area contributed by atoms with Gasteiger partial charge in [-0.15, -0.1) is 0 Å². The molecular weight excluding hydrogens is 164 g/mol. The Bertz CT molecular complexity index is 193. The van der Waals surface area contributed by atoms with E-state index >= 15 is 0 Å². The lowest BCUT2D eigenvalue weighted by molar-refractivity contribution is -0.122. The van der Waals surface area contributed by atoms with E-state index < -0.39 is 0 Å². The fraction of sp³-hybridized carbons (Fsp3) is 0.700. The first-order chi connectivity index (χ1) is 6.20. The molecule has 1 radical (unpaired) electrons. The molecule has 73 valence electrons. The highest BCUT2D eigenvalue weighted by Gasteiger charge is 2.19. The van der Waals surface area contributed by atoms with Gasteiger partial charge in [0, 0.05) is 20.0 Å². The minimum absolute atomic E-state index is 0.0433. The van der Waals surface area contributed by atoms with E-state index in [0.717, 1.165) is 25.7 Å². The highest BCUT2D eigenvalue weighted by Crippen LogP contribution is 2.23. The van der Waals surface area contributed by atoms with Crippen LogP contribution in [0, 0.1) is 12.3 Å². The smallest absolute Gasteiger partial charge is 0.250 e. The molecule has 0 bridgehead atoms. The summed E-state index contributed by atoms with van der Waals surface area (Å²) in [4.78, 5) is 17.1. The third kappa shape index (κ3) is 3.57. The van der Waals surface area contributed by atoms with E-state index in [9.17, 15) is 4.79 Å². The Morgan fingerprint density at radius 3 is 2.62 bits per heavy atom. The molecule has 1 amide bonds. The summed E-state index contributed by atoms with van der Waals surface area (Å²) in [6.07, 6.45) is 7.91. The van der Waals surface area contributed by atoms with Crippen molar-refractivity contribution >= 4 is 12.2 Å². The average molecular weight is 181 g/mol. The van der Waals surface area contributed by atoms with Crippen molar-refractivity contribution in [2.24, 2.45) is 10.9 Å². The van der Waals surface area contributed by atoms with Crippen LogP contribution in [-0.4, -0.2) is 31.2 Å². The molecule has 0 aliphatic heterocycles. The van der Waals surface area contributed by atoms with Crippen molar-refractivity contribution in [2.45, 2.75) is 25.7 Å². The average Bonchev–Trinajstić information content (AvgIpc) is 2.15. The van der Waals surface area contributed by atoms with Crippen molar-refractivity contribution in [3.05, 3.63) is 6.42 Å². The molecule has 1 aliphatic carbocycles. The number of carbonyl (C=O) groups excluding carboxylic acids is 1. The molecule has 0 unspecified atom stereocenters. The van der Waals surface area contributed by atoms with Crippen molar-refractivity contribution in [2.75, 3.05) is 14.1 Å². The van der Waals surface area contributed by atoms with E-state index in [-0.39, 0.29) is 11.8 Å². The Morgan fingerprint density at radius 2 is 2.08 bits per heavy atom. The number of amides is 1. The molecule has 0 spiro atoms. The number of hydrogen-bond donors (Lipinski definition) is 0. The quantitative estimate of drug-likeness (QED) is 0.477. The number of nitrogens with zero attached hydrogens (tertiary/aromatic N) is 2. The summed E-state index contributed by atoms with van der Waals surface area (Å²) >= 11 is 0. The first kappa shape index (κ1) is 10.2. The van der Waals surface area contributed by atoms with Gasteiger partial charge in [0.2, 0.25) is 5.91 Å². The summed E-state index contributed by atoms with van der Waals surface area (Å²) in [5.74, 6) is 0.211. The predicted molar refractivity (Wildman–Crippen MR) is 53.4 cm³/mol. The number of aliphatic imine (C=N–C) groups is 1. The van der Waals surface area contributed by atoms with Crippen LogP contribution in [0.1, 0.15) is 25.7 Å². The van der Waals surface area contributed by atoms with Gasteiger partial charge < -0.3 is 4.90 Å². The molecule has 1 rings (SSSR count). The largest absolute Gasteiger partial charge is 0.369 e. The first-order valence-electron chi connectivity index (χ1n) is 4.76. The van der Waals surface area contributed by atoms with Gasteiger partial charge in [-0.2, -0.15) is 0 Å². The Labute approximate surface area is 79.8 Å².